The minimum Gasteiger partial charge on any atom is -0.338 e. The molecule has 3 rings (SSSR count). The van der Waals surface area contributed by atoms with Gasteiger partial charge in [0.1, 0.15) is 0 Å². The summed E-state index contributed by atoms with van der Waals surface area (Å²) in [7, 11) is 0. The largest absolute Gasteiger partial charge is 0.338 e. The van der Waals surface area contributed by atoms with Gasteiger partial charge < -0.3 is 9.84 Å². The van der Waals surface area contributed by atoms with Gasteiger partial charge in [-0.3, -0.25) is 0 Å². The van der Waals surface area contributed by atoms with Crippen molar-refractivity contribution in [1.29, 1.82) is 0 Å². The van der Waals surface area contributed by atoms with Crippen LogP contribution in [0.5, 0.6) is 0 Å². The molecule has 0 amide bonds. The smallest absolute Gasteiger partial charge is 0.243 e. The van der Waals surface area contributed by atoms with E-state index in [1.807, 2.05) is 25.1 Å². The van der Waals surface area contributed by atoms with Crippen LogP contribution < -0.4 is 5.32 Å². The van der Waals surface area contributed by atoms with Crippen molar-refractivity contribution >= 4 is 11.3 Å². The van der Waals surface area contributed by atoms with Gasteiger partial charge in [-0.15, -0.1) is 0 Å². The van der Waals surface area contributed by atoms with Gasteiger partial charge in [-0.05, 0) is 34.9 Å². The predicted octanol–water partition coefficient (Wildman–Crippen LogP) is 3.57. The predicted molar refractivity (Wildman–Crippen MR) is 83.1 cm³/mol. The molecule has 5 heteroatoms. The average molecular weight is 299 g/mol. The summed E-state index contributed by atoms with van der Waals surface area (Å²) >= 11 is 1.70. The van der Waals surface area contributed by atoms with Gasteiger partial charge in [-0.1, -0.05) is 35.5 Å². The lowest BCUT2D eigenvalue weighted by molar-refractivity contribution is 0.336. The summed E-state index contributed by atoms with van der Waals surface area (Å²) in [5.41, 5.74) is 2.46. The van der Waals surface area contributed by atoms with Gasteiger partial charge in [0.25, 0.3) is 0 Å². The fourth-order valence-corrected chi connectivity index (χ4v) is 2.71. The van der Waals surface area contributed by atoms with E-state index in [2.05, 4.69) is 44.4 Å². The Bertz CT molecular complexity index is 664. The molecule has 0 spiro atoms. The van der Waals surface area contributed by atoms with Gasteiger partial charge in [0.15, 0.2) is 5.82 Å². The zero-order valence-corrected chi connectivity index (χ0v) is 12.6. The van der Waals surface area contributed by atoms with Gasteiger partial charge in [0.2, 0.25) is 5.89 Å². The maximum atomic E-state index is 5.35. The molecule has 1 aromatic carbocycles. The van der Waals surface area contributed by atoms with Crippen molar-refractivity contribution in [2.75, 3.05) is 0 Å². The van der Waals surface area contributed by atoms with Crippen LogP contribution in [0.25, 0.3) is 0 Å². The standard InChI is InChI=1S/C16H17N3OS/c1-12(17-10-14-7-8-21-11-14)16-18-15(19-20-16)9-13-5-3-2-4-6-13/h2-8,11-12,17H,9-10H2,1H3. The van der Waals surface area contributed by atoms with Crippen molar-refractivity contribution in [2.24, 2.45) is 0 Å². The molecule has 2 heterocycles. The average Bonchev–Trinajstić information content (AvgIpc) is 3.17. The SMILES string of the molecule is CC(NCc1ccsc1)c1nc(Cc2ccccc2)no1. The summed E-state index contributed by atoms with van der Waals surface area (Å²) in [5, 5.41) is 11.7. The maximum Gasteiger partial charge on any atom is 0.243 e. The summed E-state index contributed by atoms with van der Waals surface area (Å²) in [6.07, 6.45) is 0.696. The molecule has 2 aromatic heterocycles. The quantitative estimate of drug-likeness (QED) is 0.756. The Labute approximate surface area is 127 Å². The zero-order chi connectivity index (χ0) is 14.5. The molecule has 0 saturated heterocycles. The van der Waals surface area contributed by atoms with Gasteiger partial charge in [0.05, 0.1) is 6.04 Å². The normalized spacial score (nSPS) is 12.4. The first-order chi connectivity index (χ1) is 10.3. The minimum absolute atomic E-state index is 0.0434. The third kappa shape index (κ3) is 3.77. The van der Waals surface area contributed by atoms with Crippen LogP contribution in [0.2, 0.25) is 0 Å². The van der Waals surface area contributed by atoms with Crippen LogP contribution in [0.1, 0.15) is 35.8 Å². The lowest BCUT2D eigenvalue weighted by Gasteiger charge is -2.07. The molecule has 1 unspecified atom stereocenters. The molecule has 4 nitrogen and oxygen atoms in total. The van der Waals surface area contributed by atoms with Crippen molar-refractivity contribution in [3.63, 3.8) is 0 Å². The van der Waals surface area contributed by atoms with Gasteiger partial charge >= 0.3 is 0 Å². The van der Waals surface area contributed by atoms with E-state index in [0.717, 1.165) is 12.4 Å². The number of benzene rings is 1. The maximum absolute atomic E-state index is 5.35. The van der Waals surface area contributed by atoms with E-state index in [0.29, 0.717) is 12.3 Å². The molecular formula is C16H17N3OS. The molecule has 21 heavy (non-hydrogen) atoms. The first kappa shape index (κ1) is 14.0. The highest BCUT2D eigenvalue weighted by atomic mass is 32.1. The number of nitrogens with zero attached hydrogens (tertiary/aromatic N) is 2. The van der Waals surface area contributed by atoms with Crippen molar-refractivity contribution in [2.45, 2.75) is 25.9 Å². The van der Waals surface area contributed by atoms with E-state index < -0.39 is 0 Å². The highest BCUT2D eigenvalue weighted by Crippen LogP contribution is 2.14. The van der Waals surface area contributed by atoms with E-state index in [-0.39, 0.29) is 6.04 Å². The Morgan fingerprint density at radius 1 is 1.19 bits per heavy atom. The van der Waals surface area contributed by atoms with Crippen LogP contribution in [0.15, 0.2) is 51.7 Å². The molecular weight excluding hydrogens is 282 g/mol. The van der Waals surface area contributed by atoms with Crippen LogP contribution >= 0.6 is 11.3 Å². The molecule has 0 saturated carbocycles. The molecule has 0 bridgehead atoms. The van der Waals surface area contributed by atoms with Crippen molar-refractivity contribution in [1.82, 2.24) is 15.5 Å². The van der Waals surface area contributed by atoms with E-state index in [9.17, 15) is 0 Å². The molecule has 0 radical (unpaired) electrons. The van der Waals surface area contributed by atoms with Crippen molar-refractivity contribution in [3.05, 3.63) is 70.0 Å². The van der Waals surface area contributed by atoms with E-state index in [1.165, 1.54) is 11.1 Å². The van der Waals surface area contributed by atoms with E-state index in [1.54, 1.807) is 11.3 Å². The van der Waals surface area contributed by atoms with Crippen LogP contribution in [-0.4, -0.2) is 10.1 Å². The molecule has 108 valence electrons. The van der Waals surface area contributed by atoms with Crippen molar-refractivity contribution in [3.8, 4) is 0 Å². The van der Waals surface area contributed by atoms with Gasteiger partial charge in [-0.25, -0.2) is 0 Å². The minimum atomic E-state index is 0.0434. The molecule has 0 fully saturated rings. The highest BCUT2D eigenvalue weighted by molar-refractivity contribution is 7.07. The first-order valence-electron chi connectivity index (χ1n) is 6.92. The van der Waals surface area contributed by atoms with Crippen LogP contribution in [0.3, 0.4) is 0 Å². The molecule has 0 aliphatic rings. The number of nitrogens with one attached hydrogen (secondary N) is 1. The monoisotopic (exact) mass is 299 g/mol. The summed E-state index contributed by atoms with van der Waals surface area (Å²) in [6.45, 7) is 2.84. The molecule has 0 aliphatic heterocycles. The van der Waals surface area contributed by atoms with Crippen LogP contribution in [0.4, 0.5) is 0 Å². The molecule has 3 aromatic rings. The summed E-state index contributed by atoms with van der Waals surface area (Å²) < 4.78 is 5.35. The second-order valence-electron chi connectivity index (χ2n) is 4.95. The Balaban J connectivity index is 1.59. The fourth-order valence-electron chi connectivity index (χ4n) is 2.05. The highest BCUT2D eigenvalue weighted by Gasteiger charge is 2.14. The van der Waals surface area contributed by atoms with Gasteiger partial charge in [0, 0.05) is 13.0 Å². The Morgan fingerprint density at radius 3 is 2.81 bits per heavy atom. The number of hydrogen-bond acceptors (Lipinski definition) is 5. The topological polar surface area (TPSA) is 51.0 Å². The third-order valence-corrected chi connectivity index (χ3v) is 3.98. The third-order valence-electron chi connectivity index (χ3n) is 3.25. The van der Waals surface area contributed by atoms with E-state index in [4.69, 9.17) is 4.52 Å². The molecule has 1 N–H and O–H groups in total. The Hall–Kier alpha value is -1.98. The Morgan fingerprint density at radius 2 is 2.05 bits per heavy atom. The molecule has 0 aliphatic carbocycles. The molecule has 1 atom stereocenters. The summed E-state index contributed by atoms with van der Waals surface area (Å²) in [4.78, 5) is 4.47. The number of rotatable bonds is 6. The van der Waals surface area contributed by atoms with E-state index >= 15 is 0 Å². The summed E-state index contributed by atoms with van der Waals surface area (Å²) in [5.74, 6) is 1.36. The zero-order valence-electron chi connectivity index (χ0n) is 11.8. The van der Waals surface area contributed by atoms with Crippen LogP contribution in [-0.2, 0) is 13.0 Å². The number of aromatic nitrogens is 2. The second-order valence-corrected chi connectivity index (χ2v) is 5.73. The lowest BCUT2D eigenvalue weighted by Crippen LogP contribution is -2.18. The second kappa shape index (κ2) is 6.65. The lowest BCUT2D eigenvalue weighted by atomic mass is 10.1. The fraction of sp³-hybridized carbons (Fsp3) is 0.250. The number of thiophene rings is 1. The first-order valence-corrected chi connectivity index (χ1v) is 7.86. The summed E-state index contributed by atoms with van der Waals surface area (Å²) in [6, 6.07) is 12.3. The van der Waals surface area contributed by atoms with Gasteiger partial charge in [-0.2, -0.15) is 16.3 Å². The van der Waals surface area contributed by atoms with Crippen molar-refractivity contribution < 1.29 is 4.52 Å². The van der Waals surface area contributed by atoms with Crippen LogP contribution in [0, 0.1) is 0 Å². The number of hydrogen-bond donors (Lipinski definition) is 1. The Kier molecular flexibility index (Phi) is 4.43.